The van der Waals surface area contributed by atoms with E-state index in [2.05, 4.69) is 20.3 Å². The largest absolute Gasteiger partial charge is 0.471 e. The predicted molar refractivity (Wildman–Crippen MR) is 143 cm³/mol. The topological polar surface area (TPSA) is 150 Å². The van der Waals surface area contributed by atoms with Crippen molar-refractivity contribution in [2.24, 2.45) is 0 Å². The van der Waals surface area contributed by atoms with Gasteiger partial charge in [-0.15, -0.1) is 0 Å². The maximum absolute atomic E-state index is 12.3. The third kappa shape index (κ3) is 8.28. The molecule has 0 spiro atoms. The Morgan fingerprint density at radius 2 is 1.86 bits per heavy atom. The van der Waals surface area contributed by atoms with Gasteiger partial charge in [-0.05, 0) is 18.4 Å². The molecule has 3 N–H and O–H groups in total. The zero-order chi connectivity index (χ0) is 30.1. The van der Waals surface area contributed by atoms with Gasteiger partial charge in [0.15, 0.2) is 17.0 Å². The van der Waals surface area contributed by atoms with Gasteiger partial charge in [-0.2, -0.15) is 23.1 Å². The van der Waals surface area contributed by atoms with Gasteiger partial charge in [0.1, 0.15) is 25.0 Å². The summed E-state index contributed by atoms with van der Waals surface area (Å²) in [5.41, 5.74) is 1.79. The van der Waals surface area contributed by atoms with Crippen molar-refractivity contribution < 1.29 is 42.1 Å². The molecule has 3 atom stereocenters. The smallest absolute Gasteiger partial charge is 0.460 e. The molecule has 0 saturated carbocycles. The van der Waals surface area contributed by atoms with Crippen LogP contribution >= 0.6 is 0 Å². The highest BCUT2D eigenvalue weighted by Gasteiger charge is 2.39. The number of imidazole rings is 1. The molecule has 12 nitrogen and oxygen atoms in total. The number of aliphatic hydroxyl groups excluding tert-OH is 1. The van der Waals surface area contributed by atoms with Crippen molar-refractivity contribution >= 4 is 28.9 Å². The van der Waals surface area contributed by atoms with Gasteiger partial charge < -0.3 is 30.0 Å². The molecule has 1 aliphatic rings. The third-order valence-electron chi connectivity index (χ3n) is 6.54. The number of nitrogens with zero attached hydrogens (tertiary/aromatic N) is 4. The number of unbranched alkanes of at least 4 members (excludes halogenated alkanes) is 3. The average molecular weight is 595 g/mol. The number of alkyl halides is 3. The minimum Gasteiger partial charge on any atom is -0.460 e. The Morgan fingerprint density at radius 3 is 2.55 bits per heavy atom. The number of carbonyl (C=O) groups is 2. The molecule has 3 heterocycles. The summed E-state index contributed by atoms with van der Waals surface area (Å²) in [6, 6.07) is 9.60. The summed E-state index contributed by atoms with van der Waals surface area (Å²) in [5.74, 6) is -1.99. The van der Waals surface area contributed by atoms with Crippen LogP contribution in [0.2, 0.25) is 0 Å². The van der Waals surface area contributed by atoms with E-state index in [0.717, 1.165) is 5.56 Å². The van der Waals surface area contributed by atoms with Crippen molar-refractivity contribution in [1.29, 1.82) is 0 Å². The number of rotatable bonds is 14. The number of anilines is 1. The molecule has 15 heteroatoms. The monoisotopic (exact) mass is 594 g/mol. The number of halogens is 3. The number of aromatic nitrogens is 4. The molecule has 0 radical (unpaired) electrons. The third-order valence-corrected chi connectivity index (χ3v) is 6.54. The van der Waals surface area contributed by atoms with E-state index in [4.69, 9.17) is 14.2 Å². The quantitative estimate of drug-likeness (QED) is 0.188. The Hall–Kier alpha value is -3.98. The number of hydrogen-bond acceptors (Lipinski definition) is 10. The van der Waals surface area contributed by atoms with Gasteiger partial charge in [0, 0.05) is 26.4 Å². The summed E-state index contributed by atoms with van der Waals surface area (Å²) in [7, 11) is 0. The lowest BCUT2D eigenvalue weighted by Crippen LogP contribution is -2.37. The Balaban J connectivity index is 1.42. The normalized spacial score (nSPS) is 18.6. The highest BCUT2D eigenvalue weighted by molar-refractivity contribution is 5.83. The van der Waals surface area contributed by atoms with Gasteiger partial charge in [-0.3, -0.25) is 14.2 Å². The second kappa shape index (κ2) is 14.3. The van der Waals surface area contributed by atoms with Crippen LogP contribution in [-0.4, -0.2) is 74.6 Å². The van der Waals surface area contributed by atoms with Crippen molar-refractivity contribution in [1.82, 2.24) is 24.8 Å². The molecule has 0 bridgehead atoms. The first kappa shape index (κ1) is 31.0. The van der Waals surface area contributed by atoms with Crippen LogP contribution in [0.1, 0.15) is 50.8 Å². The molecule has 0 aliphatic carbocycles. The number of carbonyl (C=O) groups excluding carboxylic acids is 2. The van der Waals surface area contributed by atoms with Crippen molar-refractivity contribution in [2.75, 3.05) is 25.0 Å². The zero-order valence-electron chi connectivity index (χ0n) is 23.0. The minimum absolute atomic E-state index is 0.0451. The van der Waals surface area contributed by atoms with Gasteiger partial charge in [0.2, 0.25) is 0 Å². The maximum atomic E-state index is 12.3. The van der Waals surface area contributed by atoms with E-state index in [9.17, 15) is 27.9 Å². The molecule has 1 amide bonds. The summed E-state index contributed by atoms with van der Waals surface area (Å²) >= 11 is 0. The van der Waals surface area contributed by atoms with Crippen LogP contribution in [0.15, 0.2) is 36.7 Å². The van der Waals surface area contributed by atoms with Gasteiger partial charge in [0.05, 0.1) is 12.9 Å². The van der Waals surface area contributed by atoms with E-state index < -0.39 is 36.5 Å². The van der Waals surface area contributed by atoms with E-state index >= 15 is 0 Å². The van der Waals surface area contributed by atoms with Gasteiger partial charge in [-0.1, -0.05) is 43.2 Å². The van der Waals surface area contributed by atoms with E-state index in [0.29, 0.717) is 49.2 Å². The number of fused-ring (bicyclic) bond motifs is 1. The molecule has 228 valence electrons. The van der Waals surface area contributed by atoms with Crippen LogP contribution in [0.3, 0.4) is 0 Å². The fourth-order valence-corrected chi connectivity index (χ4v) is 4.50. The maximum Gasteiger partial charge on any atom is 0.471 e. The zero-order valence-corrected chi connectivity index (χ0v) is 23.0. The molecule has 3 aromatic rings. The van der Waals surface area contributed by atoms with E-state index in [1.807, 2.05) is 35.6 Å². The summed E-state index contributed by atoms with van der Waals surface area (Å²) in [5, 5.41) is 14.8. The summed E-state index contributed by atoms with van der Waals surface area (Å²) in [6.07, 6.45) is -2.55. The Morgan fingerprint density at radius 1 is 1.12 bits per heavy atom. The Labute approximate surface area is 239 Å². The van der Waals surface area contributed by atoms with Crippen molar-refractivity contribution in [3.05, 3.63) is 42.2 Å². The number of benzene rings is 1. The first-order valence-electron chi connectivity index (χ1n) is 13.6. The van der Waals surface area contributed by atoms with E-state index in [1.165, 1.54) is 13.3 Å². The molecule has 1 saturated heterocycles. The molecule has 1 fully saturated rings. The lowest BCUT2D eigenvalue weighted by molar-refractivity contribution is -0.173. The fourth-order valence-electron chi connectivity index (χ4n) is 4.50. The van der Waals surface area contributed by atoms with Crippen LogP contribution < -0.4 is 15.4 Å². The van der Waals surface area contributed by atoms with Crippen molar-refractivity contribution in [3.63, 3.8) is 0 Å². The molecule has 1 aliphatic heterocycles. The standard InChI is InChI=1S/C27H33F3N6O6/c1-17(38)41-19-13-21(42-20(19)14-37)36-16-33-22-23(31-11-7-2-3-8-12-32-25(39)27(28,29)30)34-26(35-24(22)36)40-15-18-9-5-4-6-10-18/h4-6,9-10,16,19-21,37H,2-3,7-8,11-15H2,1H3,(H,32,39)(H,31,34,35)/t19?,20-,21-/m1/s1. The lowest BCUT2D eigenvalue weighted by Gasteiger charge is -2.15. The highest BCUT2D eigenvalue weighted by Crippen LogP contribution is 2.34. The Kier molecular flexibility index (Phi) is 10.5. The fraction of sp³-hybridized carbons (Fsp3) is 0.519. The summed E-state index contributed by atoms with van der Waals surface area (Å²) < 4.78 is 55.6. The summed E-state index contributed by atoms with van der Waals surface area (Å²) in [4.78, 5) is 35.9. The number of ether oxygens (including phenoxy) is 3. The van der Waals surface area contributed by atoms with Crippen molar-refractivity contribution in [3.8, 4) is 6.01 Å². The molecule has 42 heavy (non-hydrogen) atoms. The van der Waals surface area contributed by atoms with Crippen molar-refractivity contribution in [2.45, 2.75) is 70.2 Å². The van der Waals surface area contributed by atoms with Crippen LogP contribution in [0, 0.1) is 0 Å². The second-order valence-electron chi connectivity index (χ2n) is 9.74. The SMILES string of the molecule is CC(=O)OC1C[C@H](n2cnc3c(NCCCCCCNC(=O)C(F)(F)F)nc(OCc4ccccc4)nc32)O[C@@H]1CO. The number of esters is 1. The van der Waals surface area contributed by atoms with Crippen LogP contribution in [0.5, 0.6) is 6.01 Å². The molecular weight excluding hydrogens is 561 g/mol. The predicted octanol–water partition coefficient (Wildman–Crippen LogP) is 3.27. The molecular formula is C27H33F3N6O6. The molecule has 1 aromatic carbocycles. The van der Waals surface area contributed by atoms with E-state index in [1.54, 1.807) is 4.57 Å². The van der Waals surface area contributed by atoms with Gasteiger partial charge in [-0.25, -0.2) is 4.98 Å². The van der Waals surface area contributed by atoms with Gasteiger partial charge in [0.25, 0.3) is 0 Å². The van der Waals surface area contributed by atoms with Crippen LogP contribution in [-0.2, 0) is 25.7 Å². The van der Waals surface area contributed by atoms with Crippen LogP contribution in [0.25, 0.3) is 11.2 Å². The second-order valence-corrected chi connectivity index (χ2v) is 9.74. The average Bonchev–Trinajstić information content (AvgIpc) is 3.56. The number of amides is 1. The molecule has 4 rings (SSSR count). The van der Waals surface area contributed by atoms with Crippen LogP contribution in [0.4, 0.5) is 19.0 Å². The highest BCUT2D eigenvalue weighted by atomic mass is 19.4. The number of nitrogens with one attached hydrogen (secondary N) is 2. The van der Waals surface area contributed by atoms with E-state index in [-0.39, 0.29) is 32.2 Å². The first-order chi connectivity index (χ1) is 20.2. The number of hydrogen-bond donors (Lipinski definition) is 3. The van der Waals surface area contributed by atoms with Gasteiger partial charge >= 0.3 is 24.1 Å². The first-order valence-corrected chi connectivity index (χ1v) is 13.6. The Bertz CT molecular complexity index is 1340. The minimum atomic E-state index is -4.88. The number of aliphatic hydroxyl groups is 1. The summed E-state index contributed by atoms with van der Waals surface area (Å²) in [6.45, 7) is 1.64. The molecule has 2 aromatic heterocycles. The molecule has 1 unspecified atom stereocenters. The lowest BCUT2D eigenvalue weighted by atomic mass is 10.2.